The van der Waals surface area contributed by atoms with Crippen LogP contribution in [0.4, 0.5) is 0 Å². The predicted octanol–water partition coefficient (Wildman–Crippen LogP) is 1.75. The van der Waals surface area contributed by atoms with Gasteiger partial charge in [0.05, 0.1) is 19.9 Å². The summed E-state index contributed by atoms with van der Waals surface area (Å²) in [5.41, 5.74) is 1.44. The zero-order valence-corrected chi connectivity index (χ0v) is 11.5. The van der Waals surface area contributed by atoms with Crippen molar-refractivity contribution >= 4 is 5.91 Å². The molecule has 2 aromatic rings. The molecule has 6 heteroatoms. The first-order valence-electron chi connectivity index (χ1n) is 6.31. The fourth-order valence-electron chi connectivity index (χ4n) is 1.74. The van der Waals surface area contributed by atoms with Crippen molar-refractivity contribution in [3.8, 4) is 11.5 Å². The molecule has 0 aliphatic carbocycles. The molecule has 0 fully saturated rings. The number of methoxy groups -OCH3 is 1. The van der Waals surface area contributed by atoms with Crippen LogP contribution in [0.5, 0.6) is 11.5 Å². The van der Waals surface area contributed by atoms with Gasteiger partial charge in [0.1, 0.15) is 0 Å². The van der Waals surface area contributed by atoms with Crippen LogP contribution >= 0.6 is 0 Å². The SMILES string of the molecule is CCOc1ccc(C(=O)NCc2cn[nH]c2)cc1OC. The number of aromatic amines is 1. The van der Waals surface area contributed by atoms with Crippen molar-refractivity contribution < 1.29 is 14.3 Å². The number of benzene rings is 1. The number of ether oxygens (including phenoxy) is 2. The first-order chi connectivity index (χ1) is 9.74. The monoisotopic (exact) mass is 275 g/mol. The molecule has 0 saturated heterocycles. The molecule has 6 nitrogen and oxygen atoms in total. The summed E-state index contributed by atoms with van der Waals surface area (Å²) in [7, 11) is 1.55. The van der Waals surface area contributed by atoms with Gasteiger partial charge < -0.3 is 14.8 Å². The molecule has 106 valence electrons. The number of H-pyrrole nitrogens is 1. The summed E-state index contributed by atoms with van der Waals surface area (Å²) in [5.74, 6) is 0.997. The Labute approximate surface area is 117 Å². The molecule has 20 heavy (non-hydrogen) atoms. The molecule has 0 unspecified atom stereocenters. The lowest BCUT2D eigenvalue weighted by Gasteiger charge is -2.11. The van der Waals surface area contributed by atoms with Gasteiger partial charge in [0.2, 0.25) is 0 Å². The van der Waals surface area contributed by atoms with E-state index in [2.05, 4.69) is 15.5 Å². The van der Waals surface area contributed by atoms with Crippen LogP contribution in [0.2, 0.25) is 0 Å². The van der Waals surface area contributed by atoms with Crippen LogP contribution in [0.1, 0.15) is 22.8 Å². The zero-order valence-electron chi connectivity index (χ0n) is 11.5. The van der Waals surface area contributed by atoms with Gasteiger partial charge in [-0.15, -0.1) is 0 Å². The number of hydrogen-bond acceptors (Lipinski definition) is 4. The molecule has 0 bridgehead atoms. The predicted molar refractivity (Wildman–Crippen MR) is 73.9 cm³/mol. The van der Waals surface area contributed by atoms with Crippen molar-refractivity contribution in [2.45, 2.75) is 13.5 Å². The van der Waals surface area contributed by atoms with Gasteiger partial charge in [0, 0.05) is 23.9 Å². The quantitative estimate of drug-likeness (QED) is 0.842. The normalized spacial score (nSPS) is 10.1. The Balaban J connectivity index is 2.05. The first kappa shape index (κ1) is 13.9. The van der Waals surface area contributed by atoms with E-state index in [-0.39, 0.29) is 5.91 Å². The van der Waals surface area contributed by atoms with E-state index < -0.39 is 0 Å². The molecule has 0 radical (unpaired) electrons. The highest BCUT2D eigenvalue weighted by molar-refractivity contribution is 5.94. The maximum absolute atomic E-state index is 12.0. The van der Waals surface area contributed by atoms with Crippen molar-refractivity contribution in [3.05, 3.63) is 41.7 Å². The Morgan fingerprint density at radius 3 is 2.90 bits per heavy atom. The third-order valence-corrected chi connectivity index (χ3v) is 2.73. The second-order valence-corrected chi connectivity index (χ2v) is 4.09. The van der Waals surface area contributed by atoms with Gasteiger partial charge >= 0.3 is 0 Å². The summed E-state index contributed by atoms with van der Waals surface area (Å²) in [6, 6.07) is 5.10. The molecule has 1 aromatic carbocycles. The molecule has 0 saturated carbocycles. The van der Waals surface area contributed by atoms with Gasteiger partial charge in [-0.2, -0.15) is 5.10 Å². The van der Waals surface area contributed by atoms with Crippen LogP contribution in [-0.4, -0.2) is 29.8 Å². The van der Waals surface area contributed by atoms with E-state index in [0.717, 1.165) is 5.56 Å². The highest BCUT2D eigenvalue weighted by atomic mass is 16.5. The van der Waals surface area contributed by atoms with Gasteiger partial charge in [0.15, 0.2) is 11.5 Å². The fraction of sp³-hybridized carbons (Fsp3) is 0.286. The number of carbonyl (C=O) groups excluding carboxylic acids is 1. The van der Waals surface area contributed by atoms with Crippen LogP contribution in [0.3, 0.4) is 0 Å². The summed E-state index contributed by atoms with van der Waals surface area (Å²) < 4.78 is 10.6. The van der Waals surface area contributed by atoms with Crippen molar-refractivity contribution in [2.75, 3.05) is 13.7 Å². The average Bonchev–Trinajstić information content (AvgIpc) is 2.98. The molecular weight excluding hydrogens is 258 g/mol. The van der Waals surface area contributed by atoms with E-state index in [1.54, 1.807) is 37.7 Å². The third kappa shape index (κ3) is 3.28. The standard InChI is InChI=1S/C14H17N3O3/c1-3-20-12-5-4-11(6-13(12)19-2)14(18)15-7-10-8-16-17-9-10/h4-6,8-9H,3,7H2,1-2H3,(H,15,18)(H,16,17). The summed E-state index contributed by atoms with van der Waals surface area (Å²) in [4.78, 5) is 12.0. The molecule has 2 rings (SSSR count). The lowest BCUT2D eigenvalue weighted by atomic mass is 10.2. The van der Waals surface area contributed by atoms with E-state index in [0.29, 0.717) is 30.2 Å². The Morgan fingerprint density at radius 1 is 1.40 bits per heavy atom. The molecule has 2 N–H and O–H groups in total. The van der Waals surface area contributed by atoms with Gasteiger partial charge in [0.25, 0.3) is 5.91 Å². The van der Waals surface area contributed by atoms with Crippen LogP contribution < -0.4 is 14.8 Å². The molecule has 1 heterocycles. The molecule has 1 aromatic heterocycles. The largest absolute Gasteiger partial charge is 0.493 e. The molecule has 0 aliphatic heterocycles. The highest BCUT2D eigenvalue weighted by Gasteiger charge is 2.10. The topological polar surface area (TPSA) is 76.2 Å². The maximum atomic E-state index is 12.0. The maximum Gasteiger partial charge on any atom is 0.251 e. The number of aromatic nitrogens is 2. The Morgan fingerprint density at radius 2 is 2.25 bits per heavy atom. The van der Waals surface area contributed by atoms with Crippen molar-refractivity contribution in [3.63, 3.8) is 0 Å². The minimum Gasteiger partial charge on any atom is -0.493 e. The summed E-state index contributed by atoms with van der Waals surface area (Å²) in [6.45, 7) is 2.86. The van der Waals surface area contributed by atoms with Gasteiger partial charge in [-0.1, -0.05) is 0 Å². The Hall–Kier alpha value is -2.50. The lowest BCUT2D eigenvalue weighted by molar-refractivity contribution is 0.0950. The smallest absolute Gasteiger partial charge is 0.251 e. The van der Waals surface area contributed by atoms with Gasteiger partial charge in [-0.3, -0.25) is 9.89 Å². The number of carbonyl (C=O) groups is 1. The van der Waals surface area contributed by atoms with Crippen LogP contribution in [0.15, 0.2) is 30.6 Å². The summed E-state index contributed by atoms with van der Waals surface area (Å²) in [6.07, 6.45) is 3.40. The van der Waals surface area contributed by atoms with Gasteiger partial charge in [-0.25, -0.2) is 0 Å². The second kappa shape index (κ2) is 6.60. The number of rotatable bonds is 6. The Bertz CT molecular complexity index is 567. The molecule has 1 amide bonds. The van der Waals surface area contributed by atoms with Crippen molar-refractivity contribution in [1.82, 2.24) is 15.5 Å². The average molecular weight is 275 g/mol. The zero-order chi connectivity index (χ0) is 14.4. The number of amides is 1. The number of hydrogen-bond donors (Lipinski definition) is 2. The molecule has 0 atom stereocenters. The minimum absolute atomic E-state index is 0.174. The van der Waals surface area contributed by atoms with E-state index in [4.69, 9.17) is 9.47 Å². The summed E-state index contributed by atoms with van der Waals surface area (Å²) in [5, 5.41) is 9.32. The van der Waals surface area contributed by atoms with Crippen LogP contribution in [-0.2, 0) is 6.54 Å². The first-order valence-corrected chi connectivity index (χ1v) is 6.31. The second-order valence-electron chi connectivity index (χ2n) is 4.09. The molecular formula is C14H17N3O3. The van der Waals surface area contributed by atoms with Gasteiger partial charge in [-0.05, 0) is 25.1 Å². The fourth-order valence-corrected chi connectivity index (χ4v) is 1.74. The highest BCUT2D eigenvalue weighted by Crippen LogP contribution is 2.27. The van der Waals surface area contributed by atoms with Crippen LogP contribution in [0.25, 0.3) is 0 Å². The lowest BCUT2D eigenvalue weighted by Crippen LogP contribution is -2.22. The molecule has 0 aliphatic rings. The van der Waals surface area contributed by atoms with Crippen molar-refractivity contribution in [2.24, 2.45) is 0 Å². The number of nitrogens with zero attached hydrogens (tertiary/aromatic N) is 1. The van der Waals surface area contributed by atoms with E-state index in [9.17, 15) is 4.79 Å². The van der Waals surface area contributed by atoms with E-state index in [1.807, 2.05) is 6.92 Å². The minimum atomic E-state index is -0.174. The van der Waals surface area contributed by atoms with Crippen LogP contribution in [0, 0.1) is 0 Å². The number of nitrogens with one attached hydrogen (secondary N) is 2. The summed E-state index contributed by atoms with van der Waals surface area (Å²) >= 11 is 0. The third-order valence-electron chi connectivity index (χ3n) is 2.73. The Kier molecular flexibility index (Phi) is 4.60. The van der Waals surface area contributed by atoms with E-state index in [1.165, 1.54) is 0 Å². The molecule has 0 spiro atoms. The van der Waals surface area contributed by atoms with Crippen molar-refractivity contribution in [1.29, 1.82) is 0 Å². The van der Waals surface area contributed by atoms with E-state index >= 15 is 0 Å².